The second-order valence-corrected chi connectivity index (χ2v) is 6.95. The minimum atomic E-state index is -0.361. The average Bonchev–Trinajstić information content (AvgIpc) is 2.37. The highest BCUT2D eigenvalue weighted by Gasteiger charge is 2.40. The zero-order valence-electron chi connectivity index (χ0n) is 12.9. The fraction of sp³-hybridized carbons (Fsp3) is 0.933. The Morgan fingerprint density at radius 1 is 1.11 bits per heavy atom. The molecule has 4 heteroatoms. The van der Waals surface area contributed by atoms with Gasteiger partial charge in [0, 0.05) is 39.3 Å². The highest BCUT2D eigenvalue weighted by atomic mass is 16.2. The summed E-state index contributed by atoms with van der Waals surface area (Å²) in [5.41, 5.74) is -0.361. The van der Waals surface area contributed by atoms with E-state index in [0.717, 1.165) is 39.3 Å². The molecule has 0 spiro atoms. The van der Waals surface area contributed by atoms with Crippen LogP contribution in [0.3, 0.4) is 0 Å². The SMILES string of the molecule is CC1CC(C)CN(C(C)(C)C(=O)N2CCNCC2)C1. The van der Waals surface area contributed by atoms with Crippen molar-refractivity contribution in [1.82, 2.24) is 15.1 Å². The number of piperidine rings is 1. The van der Waals surface area contributed by atoms with Crippen LogP contribution < -0.4 is 5.32 Å². The molecule has 2 unspecified atom stereocenters. The summed E-state index contributed by atoms with van der Waals surface area (Å²) in [4.78, 5) is 17.2. The van der Waals surface area contributed by atoms with Gasteiger partial charge in [-0.3, -0.25) is 9.69 Å². The van der Waals surface area contributed by atoms with Gasteiger partial charge in [0.2, 0.25) is 5.91 Å². The van der Waals surface area contributed by atoms with Gasteiger partial charge in [0.05, 0.1) is 5.54 Å². The predicted octanol–water partition coefficient (Wildman–Crippen LogP) is 1.17. The van der Waals surface area contributed by atoms with E-state index in [4.69, 9.17) is 0 Å². The first-order chi connectivity index (χ1) is 8.91. The van der Waals surface area contributed by atoms with Crippen molar-refractivity contribution in [2.24, 2.45) is 11.8 Å². The van der Waals surface area contributed by atoms with Crippen molar-refractivity contribution in [3.8, 4) is 0 Å². The quantitative estimate of drug-likeness (QED) is 0.816. The van der Waals surface area contributed by atoms with Crippen LogP contribution in [0.5, 0.6) is 0 Å². The second kappa shape index (κ2) is 5.80. The molecule has 0 aliphatic carbocycles. The third-order valence-electron chi connectivity index (χ3n) is 4.59. The van der Waals surface area contributed by atoms with E-state index in [-0.39, 0.29) is 5.54 Å². The number of hydrogen-bond donors (Lipinski definition) is 1. The summed E-state index contributed by atoms with van der Waals surface area (Å²) in [6.45, 7) is 14.4. The van der Waals surface area contributed by atoms with Crippen LogP contribution in [0.4, 0.5) is 0 Å². The molecule has 1 amide bonds. The van der Waals surface area contributed by atoms with Gasteiger partial charge in [-0.05, 0) is 32.1 Å². The first-order valence-corrected chi connectivity index (χ1v) is 7.66. The number of carbonyl (C=O) groups is 1. The van der Waals surface area contributed by atoms with E-state index in [1.165, 1.54) is 6.42 Å². The lowest BCUT2D eigenvalue weighted by atomic mass is 9.87. The van der Waals surface area contributed by atoms with E-state index < -0.39 is 0 Å². The zero-order valence-corrected chi connectivity index (χ0v) is 12.9. The molecule has 1 N–H and O–H groups in total. The average molecular weight is 267 g/mol. The van der Waals surface area contributed by atoms with E-state index in [1.54, 1.807) is 0 Å². The highest BCUT2D eigenvalue weighted by Crippen LogP contribution is 2.28. The largest absolute Gasteiger partial charge is 0.339 e. The Bertz CT molecular complexity index is 313. The molecular formula is C15H29N3O. The Balaban J connectivity index is 2.05. The van der Waals surface area contributed by atoms with E-state index >= 15 is 0 Å². The highest BCUT2D eigenvalue weighted by molar-refractivity contribution is 5.85. The number of carbonyl (C=O) groups excluding carboxylic acids is 1. The van der Waals surface area contributed by atoms with Gasteiger partial charge in [0.1, 0.15) is 0 Å². The number of piperazine rings is 1. The molecule has 0 aromatic heterocycles. The minimum absolute atomic E-state index is 0.301. The number of hydrogen-bond acceptors (Lipinski definition) is 3. The molecule has 4 nitrogen and oxygen atoms in total. The van der Waals surface area contributed by atoms with Crippen LogP contribution in [0.25, 0.3) is 0 Å². The topological polar surface area (TPSA) is 35.6 Å². The lowest BCUT2D eigenvalue weighted by Gasteiger charge is -2.46. The van der Waals surface area contributed by atoms with Crippen molar-refractivity contribution in [2.45, 2.75) is 39.7 Å². The molecule has 0 saturated carbocycles. The summed E-state index contributed by atoms with van der Waals surface area (Å²) in [6, 6.07) is 0. The Morgan fingerprint density at radius 3 is 2.16 bits per heavy atom. The number of nitrogens with one attached hydrogen (secondary N) is 1. The maximum atomic E-state index is 12.8. The van der Waals surface area contributed by atoms with Crippen LogP contribution in [0.2, 0.25) is 0 Å². The Hall–Kier alpha value is -0.610. The van der Waals surface area contributed by atoms with Gasteiger partial charge in [-0.25, -0.2) is 0 Å². The van der Waals surface area contributed by atoms with Crippen LogP contribution in [-0.2, 0) is 4.79 Å². The lowest BCUT2D eigenvalue weighted by molar-refractivity contribution is -0.145. The van der Waals surface area contributed by atoms with Crippen molar-refractivity contribution in [2.75, 3.05) is 39.3 Å². The molecule has 0 bridgehead atoms. The normalized spacial score (nSPS) is 30.4. The fourth-order valence-electron chi connectivity index (χ4n) is 3.51. The van der Waals surface area contributed by atoms with Gasteiger partial charge >= 0.3 is 0 Å². The summed E-state index contributed by atoms with van der Waals surface area (Å²) in [5.74, 6) is 1.69. The maximum absolute atomic E-state index is 12.8. The number of likely N-dealkylation sites (tertiary alicyclic amines) is 1. The zero-order chi connectivity index (χ0) is 14.0. The van der Waals surface area contributed by atoms with Crippen molar-refractivity contribution in [3.05, 3.63) is 0 Å². The molecule has 2 aliphatic rings. The van der Waals surface area contributed by atoms with Gasteiger partial charge in [-0.15, -0.1) is 0 Å². The van der Waals surface area contributed by atoms with Gasteiger partial charge < -0.3 is 10.2 Å². The summed E-state index contributed by atoms with van der Waals surface area (Å²) in [5, 5.41) is 3.31. The van der Waals surface area contributed by atoms with E-state index in [2.05, 4.69) is 37.9 Å². The summed E-state index contributed by atoms with van der Waals surface area (Å²) in [7, 11) is 0. The van der Waals surface area contributed by atoms with E-state index in [1.807, 2.05) is 4.90 Å². The molecule has 2 fully saturated rings. The maximum Gasteiger partial charge on any atom is 0.242 e. The van der Waals surface area contributed by atoms with Gasteiger partial charge in [0.25, 0.3) is 0 Å². The summed E-state index contributed by atoms with van der Waals surface area (Å²) < 4.78 is 0. The molecule has 110 valence electrons. The summed E-state index contributed by atoms with van der Waals surface area (Å²) in [6.07, 6.45) is 1.29. The van der Waals surface area contributed by atoms with Crippen molar-refractivity contribution in [3.63, 3.8) is 0 Å². The smallest absolute Gasteiger partial charge is 0.242 e. The van der Waals surface area contributed by atoms with Crippen LogP contribution in [0.15, 0.2) is 0 Å². The third-order valence-corrected chi connectivity index (χ3v) is 4.59. The third kappa shape index (κ3) is 3.29. The Morgan fingerprint density at radius 2 is 1.63 bits per heavy atom. The molecule has 2 atom stereocenters. The Kier molecular flexibility index (Phi) is 4.51. The number of rotatable bonds is 2. The molecule has 2 heterocycles. The standard InChI is InChI=1S/C15H29N3O/c1-12-9-13(2)11-18(10-12)15(3,4)14(19)17-7-5-16-6-8-17/h12-13,16H,5-11H2,1-4H3. The van der Waals surface area contributed by atoms with Crippen LogP contribution in [-0.4, -0.2) is 60.5 Å². The molecule has 0 radical (unpaired) electrons. The van der Waals surface area contributed by atoms with Crippen LogP contribution in [0, 0.1) is 11.8 Å². The van der Waals surface area contributed by atoms with Gasteiger partial charge in [-0.2, -0.15) is 0 Å². The second-order valence-electron chi connectivity index (χ2n) is 6.95. The number of nitrogens with zero attached hydrogens (tertiary/aromatic N) is 2. The van der Waals surface area contributed by atoms with Crippen LogP contribution in [0.1, 0.15) is 34.1 Å². The van der Waals surface area contributed by atoms with Crippen molar-refractivity contribution in [1.29, 1.82) is 0 Å². The molecule has 19 heavy (non-hydrogen) atoms. The molecule has 2 saturated heterocycles. The van der Waals surface area contributed by atoms with Gasteiger partial charge in [-0.1, -0.05) is 13.8 Å². The molecular weight excluding hydrogens is 238 g/mol. The summed E-state index contributed by atoms with van der Waals surface area (Å²) >= 11 is 0. The Labute approximate surface area is 117 Å². The molecule has 2 rings (SSSR count). The molecule has 2 aliphatic heterocycles. The molecule has 0 aromatic rings. The number of amides is 1. The van der Waals surface area contributed by atoms with E-state index in [9.17, 15) is 4.79 Å². The van der Waals surface area contributed by atoms with Crippen molar-refractivity contribution < 1.29 is 4.79 Å². The van der Waals surface area contributed by atoms with E-state index in [0.29, 0.717) is 17.7 Å². The first-order valence-electron chi connectivity index (χ1n) is 7.66. The van der Waals surface area contributed by atoms with Crippen LogP contribution >= 0.6 is 0 Å². The van der Waals surface area contributed by atoms with Gasteiger partial charge in [0.15, 0.2) is 0 Å². The first kappa shape index (κ1) is 14.8. The minimum Gasteiger partial charge on any atom is -0.339 e. The molecule has 0 aromatic carbocycles. The fourth-order valence-corrected chi connectivity index (χ4v) is 3.51. The van der Waals surface area contributed by atoms with Crippen molar-refractivity contribution >= 4 is 5.91 Å². The monoisotopic (exact) mass is 267 g/mol. The lowest BCUT2D eigenvalue weighted by Crippen LogP contribution is -2.61. The predicted molar refractivity (Wildman–Crippen MR) is 78.0 cm³/mol.